The van der Waals surface area contributed by atoms with Crippen LogP contribution in [0, 0.1) is 5.82 Å². The summed E-state index contributed by atoms with van der Waals surface area (Å²) < 4.78 is 12.4. The SMILES string of the molecule is CCC(Sc1ncc(F)cn1)C(=O)O. The molecule has 1 unspecified atom stereocenters. The molecule has 0 aliphatic heterocycles. The maximum Gasteiger partial charge on any atom is 0.317 e. The molecule has 1 N–H and O–H groups in total. The fraction of sp³-hybridized carbons (Fsp3) is 0.375. The lowest BCUT2D eigenvalue weighted by molar-refractivity contribution is -0.136. The Hall–Kier alpha value is -1.17. The quantitative estimate of drug-likeness (QED) is 0.611. The molecule has 1 aromatic rings. The van der Waals surface area contributed by atoms with Crippen molar-refractivity contribution in [2.24, 2.45) is 0 Å². The Labute approximate surface area is 84.6 Å². The van der Waals surface area contributed by atoms with Crippen molar-refractivity contribution in [1.29, 1.82) is 0 Å². The first-order valence-corrected chi connectivity index (χ1v) is 4.88. The summed E-state index contributed by atoms with van der Waals surface area (Å²) in [6, 6.07) is 0. The van der Waals surface area contributed by atoms with Crippen LogP contribution in [0.3, 0.4) is 0 Å². The van der Waals surface area contributed by atoms with Gasteiger partial charge in [0.05, 0.1) is 12.4 Å². The van der Waals surface area contributed by atoms with E-state index in [2.05, 4.69) is 9.97 Å². The molecule has 0 aliphatic carbocycles. The Morgan fingerprint density at radius 3 is 2.64 bits per heavy atom. The van der Waals surface area contributed by atoms with Gasteiger partial charge in [0.2, 0.25) is 0 Å². The predicted octanol–water partition coefficient (Wildman–Crippen LogP) is 1.57. The molecule has 1 rings (SSSR count). The van der Waals surface area contributed by atoms with Crippen molar-refractivity contribution >= 4 is 17.7 Å². The number of carboxylic acid groups (broad SMARTS) is 1. The summed E-state index contributed by atoms with van der Waals surface area (Å²) in [5.74, 6) is -1.44. The van der Waals surface area contributed by atoms with Gasteiger partial charge in [-0.05, 0) is 6.42 Å². The summed E-state index contributed by atoms with van der Waals surface area (Å²) in [5.41, 5.74) is 0. The fourth-order valence-electron chi connectivity index (χ4n) is 0.797. The molecule has 0 fully saturated rings. The third-order valence-electron chi connectivity index (χ3n) is 1.49. The number of carbonyl (C=O) groups is 1. The van der Waals surface area contributed by atoms with E-state index < -0.39 is 17.0 Å². The zero-order chi connectivity index (χ0) is 10.6. The normalized spacial score (nSPS) is 12.4. The van der Waals surface area contributed by atoms with E-state index in [9.17, 15) is 9.18 Å². The van der Waals surface area contributed by atoms with E-state index in [0.29, 0.717) is 6.42 Å². The number of rotatable bonds is 4. The zero-order valence-electron chi connectivity index (χ0n) is 7.48. The molecule has 0 bridgehead atoms. The number of aliphatic carboxylic acids is 1. The lowest BCUT2D eigenvalue weighted by atomic mass is 10.3. The first-order valence-electron chi connectivity index (χ1n) is 4.00. The third kappa shape index (κ3) is 2.95. The topological polar surface area (TPSA) is 63.1 Å². The highest BCUT2D eigenvalue weighted by Gasteiger charge is 2.17. The molecule has 0 spiro atoms. The summed E-state index contributed by atoms with van der Waals surface area (Å²) in [4.78, 5) is 18.0. The summed E-state index contributed by atoms with van der Waals surface area (Å²) in [6.45, 7) is 1.76. The summed E-state index contributed by atoms with van der Waals surface area (Å²) in [5, 5.41) is 8.43. The fourth-order valence-corrected chi connectivity index (χ4v) is 1.55. The van der Waals surface area contributed by atoms with Gasteiger partial charge in [-0.3, -0.25) is 4.79 Å². The van der Waals surface area contributed by atoms with Crippen molar-refractivity contribution in [2.75, 3.05) is 0 Å². The van der Waals surface area contributed by atoms with Gasteiger partial charge in [0, 0.05) is 0 Å². The van der Waals surface area contributed by atoms with Gasteiger partial charge in [0.15, 0.2) is 11.0 Å². The van der Waals surface area contributed by atoms with Crippen LogP contribution in [-0.2, 0) is 4.79 Å². The number of thioether (sulfide) groups is 1. The average molecular weight is 216 g/mol. The predicted molar refractivity (Wildman–Crippen MR) is 49.6 cm³/mol. The molecule has 0 aromatic carbocycles. The van der Waals surface area contributed by atoms with Crippen molar-refractivity contribution in [3.8, 4) is 0 Å². The molecule has 14 heavy (non-hydrogen) atoms. The highest BCUT2D eigenvalue weighted by Crippen LogP contribution is 2.21. The van der Waals surface area contributed by atoms with Crippen LogP contribution in [-0.4, -0.2) is 26.3 Å². The molecule has 1 atom stereocenters. The molecular formula is C8H9FN2O2S. The van der Waals surface area contributed by atoms with Crippen LogP contribution in [0.4, 0.5) is 4.39 Å². The van der Waals surface area contributed by atoms with E-state index in [0.717, 1.165) is 24.2 Å². The van der Waals surface area contributed by atoms with Crippen molar-refractivity contribution in [1.82, 2.24) is 9.97 Å². The highest BCUT2D eigenvalue weighted by atomic mass is 32.2. The molecule has 4 nitrogen and oxygen atoms in total. The number of hydrogen-bond acceptors (Lipinski definition) is 4. The monoisotopic (exact) mass is 216 g/mol. The Morgan fingerprint density at radius 1 is 1.64 bits per heavy atom. The number of carboxylic acids is 1. The second-order valence-electron chi connectivity index (χ2n) is 2.54. The highest BCUT2D eigenvalue weighted by molar-refractivity contribution is 8.00. The molecule has 76 valence electrons. The van der Waals surface area contributed by atoms with Crippen molar-refractivity contribution in [3.63, 3.8) is 0 Å². The van der Waals surface area contributed by atoms with Crippen LogP contribution in [0.15, 0.2) is 17.6 Å². The summed E-state index contributed by atoms with van der Waals surface area (Å²) in [7, 11) is 0. The van der Waals surface area contributed by atoms with Crippen LogP contribution in [0.2, 0.25) is 0 Å². The van der Waals surface area contributed by atoms with E-state index in [1.807, 2.05) is 0 Å². The lowest BCUT2D eigenvalue weighted by Crippen LogP contribution is -2.15. The van der Waals surface area contributed by atoms with E-state index in [4.69, 9.17) is 5.11 Å². The van der Waals surface area contributed by atoms with Gasteiger partial charge >= 0.3 is 5.97 Å². The second kappa shape index (κ2) is 4.90. The molecule has 0 amide bonds. The maximum atomic E-state index is 12.4. The molecule has 0 saturated heterocycles. The zero-order valence-corrected chi connectivity index (χ0v) is 8.29. The van der Waals surface area contributed by atoms with E-state index in [-0.39, 0.29) is 5.16 Å². The van der Waals surface area contributed by atoms with Gasteiger partial charge in [0.1, 0.15) is 5.25 Å². The van der Waals surface area contributed by atoms with E-state index in [1.165, 1.54) is 0 Å². The van der Waals surface area contributed by atoms with Crippen LogP contribution in [0.5, 0.6) is 0 Å². The lowest BCUT2D eigenvalue weighted by Gasteiger charge is -2.06. The number of aromatic nitrogens is 2. The number of hydrogen-bond donors (Lipinski definition) is 1. The van der Waals surface area contributed by atoms with Gasteiger partial charge in [-0.25, -0.2) is 14.4 Å². The number of nitrogens with zero attached hydrogens (tertiary/aromatic N) is 2. The van der Waals surface area contributed by atoms with Crippen LogP contribution in [0.1, 0.15) is 13.3 Å². The number of halogens is 1. The Morgan fingerprint density at radius 2 is 2.21 bits per heavy atom. The van der Waals surface area contributed by atoms with Gasteiger partial charge in [-0.15, -0.1) is 0 Å². The Kier molecular flexibility index (Phi) is 3.82. The minimum Gasteiger partial charge on any atom is -0.480 e. The molecular weight excluding hydrogens is 207 g/mol. The van der Waals surface area contributed by atoms with Gasteiger partial charge < -0.3 is 5.11 Å². The second-order valence-corrected chi connectivity index (χ2v) is 3.71. The molecule has 0 radical (unpaired) electrons. The molecule has 1 heterocycles. The van der Waals surface area contributed by atoms with Crippen LogP contribution in [0.25, 0.3) is 0 Å². The molecule has 6 heteroatoms. The standard InChI is InChI=1S/C8H9FN2O2S/c1-2-6(7(12)13)14-8-10-3-5(9)4-11-8/h3-4,6H,2H2,1H3,(H,12,13). The van der Waals surface area contributed by atoms with Crippen molar-refractivity contribution in [2.45, 2.75) is 23.8 Å². The first-order chi connectivity index (χ1) is 6.63. The van der Waals surface area contributed by atoms with Crippen molar-refractivity contribution in [3.05, 3.63) is 18.2 Å². The third-order valence-corrected chi connectivity index (χ3v) is 2.73. The van der Waals surface area contributed by atoms with E-state index in [1.54, 1.807) is 6.92 Å². The average Bonchev–Trinajstić information content (AvgIpc) is 2.16. The molecule has 0 aliphatic rings. The minimum absolute atomic E-state index is 0.278. The summed E-state index contributed by atoms with van der Waals surface area (Å²) in [6.07, 6.45) is 2.51. The smallest absolute Gasteiger partial charge is 0.317 e. The largest absolute Gasteiger partial charge is 0.480 e. The van der Waals surface area contributed by atoms with E-state index >= 15 is 0 Å². The Balaban J connectivity index is 2.67. The maximum absolute atomic E-state index is 12.4. The van der Waals surface area contributed by atoms with Gasteiger partial charge in [-0.1, -0.05) is 18.7 Å². The first kappa shape index (κ1) is 10.9. The van der Waals surface area contributed by atoms with Crippen LogP contribution < -0.4 is 0 Å². The Bertz CT molecular complexity index is 318. The van der Waals surface area contributed by atoms with Crippen molar-refractivity contribution < 1.29 is 14.3 Å². The van der Waals surface area contributed by atoms with Crippen LogP contribution >= 0.6 is 11.8 Å². The molecule has 1 aromatic heterocycles. The molecule has 0 saturated carbocycles. The van der Waals surface area contributed by atoms with Gasteiger partial charge in [0.25, 0.3) is 0 Å². The summed E-state index contributed by atoms with van der Waals surface area (Å²) >= 11 is 1.02. The minimum atomic E-state index is -0.912. The van der Waals surface area contributed by atoms with Gasteiger partial charge in [-0.2, -0.15) is 0 Å².